The summed E-state index contributed by atoms with van der Waals surface area (Å²) in [6.45, 7) is 0. The molecule has 2 aromatic carbocycles. The van der Waals surface area contributed by atoms with Crippen LogP contribution in [0, 0.1) is 5.82 Å². The normalized spacial score (nSPS) is 12.8. The van der Waals surface area contributed by atoms with E-state index in [0.717, 1.165) is 31.4 Å². The van der Waals surface area contributed by atoms with Crippen molar-refractivity contribution in [2.24, 2.45) is 0 Å². The molecule has 2 amide bonds. The molecule has 0 heterocycles. The summed E-state index contributed by atoms with van der Waals surface area (Å²) in [5, 5.41) is 0. The molecule has 1 aliphatic rings. The zero-order valence-corrected chi connectivity index (χ0v) is 14.9. The molecule has 0 aliphatic heterocycles. The largest absolute Gasteiger partial charge is 0.294 e. The molecule has 0 unspecified atom stereocenters. The number of hydrogen-bond donors (Lipinski definition) is 2. The van der Waals surface area contributed by atoms with E-state index in [0.29, 0.717) is 5.56 Å². The van der Waals surface area contributed by atoms with Crippen LogP contribution in [0.15, 0.2) is 42.5 Å². The van der Waals surface area contributed by atoms with Crippen LogP contribution < -0.4 is 10.9 Å². The topological polar surface area (TPSA) is 75.3 Å². The van der Waals surface area contributed by atoms with E-state index in [4.69, 9.17) is 0 Å². The van der Waals surface area contributed by atoms with Gasteiger partial charge in [0.1, 0.15) is 5.82 Å². The van der Waals surface area contributed by atoms with Crippen LogP contribution in [-0.2, 0) is 17.6 Å². The average Bonchev–Trinajstić information content (AvgIpc) is 2.70. The van der Waals surface area contributed by atoms with E-state index < -0.39 is 17.6 Å². The fourth-order valence-corrected chi connectivity index (χ4v) is 3.14. The Labute approximate surface area is 156 Å². The van der Waals surface area contributed by atoms with Crippen molar-refractivity contribution in [1.82, 2.24) is 10.9 Å². The number of fused-ring (bicyclic) bond motifs is 1. The maximum absolute atomic E-state index is 12.8. The lowest BCUT2D eigenvalue weighted by molar-refractivity contribution is -0.121. The van der Waals surface area contributed by atoms with Crippen molar-refractivity contribution in [2.75, 3.05) is 0 Å². The van der Waals surface area contributed by atoms with E-state index in [2.05, 4.69) is 10.9 Å². The lowest BCUT2D eigenvalue weighted by Gasteiger charge is -2.16. The van der Waals surface area contributed by atoms with Gasteiger partial charge in [-0.3, -0.25) is 25.2 Å². The molecule has 0 saturated heterocycles. The van der Waals surface area contributed by atoms with Gasteiger partial charge in [0, 0.05) is 24.0 Å². The minimum atomic E-state index is -0.552. The number of nitrogens with one attached hydrogen (secondary N) is 2. The summed E-state index contributed by atoms with van der Waals surface area (Å²) in [6, 6.07) is 10.7. The minimum absolute atomic E-state index is 0.0282. The van der Waals surface area contributed by atoms with Crippen LogP contribution in [0.4, 0.5) is 4.39 Å². The number of benzene rings is 2. The van der Waals surface area contributed by atoms with Crippen molar-refractivity contribution < 1.29 is 18.8 Å². The summed E-state index contributed by atoms with van der Waals surface area (Å²) in [5.41, 5.74) is 7.90. The SMILES string of the molecule is O=C(CCC(=O)c1ccc2c(c1)CCCC2)NNC(=O)c1ccc(F)cc1. The van der Waals surface area contributed by atoms with Crippen molar-refractivity contribution in [3.05, 3.63) is 70.5 Å². The Morgan fingerprint density at radius 3 is 2.22 bits per heavy atom. The molecule has 0 aromatic heterocycles. The van der Waals surface area contributed by atoms with Gasteiger partial charge in [-0.15, -0.1) is 0 Å². The van der Waals surface area contributed by atoms with Gasteiger partial charge in [-0.1, -0.05) is 12.1 Å². The van der Waals surface area contributed by atoms with Crippen LogP contribution in [0.2, 0.25) is 0 Å². The van der Waals surface area contributed by atoms with Gasteiger partial charge in [0.25, 0.3) is 5.91 Å². The number of carbonyl (C=O) groups excluding carboxylic acids is 3. The Bertz CT molecular complexity index is 862. The molecular formula is C21H21FN2O3. The van der Waals surface area contributed by atoms with Gasteiger partial charge in [-0.25, -0.2) is 4.39 Å². The first-order valence-electron chi connectivity index (χ1n) is 9.02. The van der Waals surface area contributed by atoms with Crippen LogP contribution in [-0.4, -0.2) is 17.6 Å². The number of hydrazine groups is 1. The van der Waals surface area contributed by atoms with Gasteiger partial charge in [-0.05, 0) is 67.1 Å². The van der Waals surface area contributed by atoms with E-state index in [1.54, 1.807) is 0 Å². The van der Waals surface area contributed by atoms with E-state index in [1.165, 1.54) is 29.7 Å². The average molecular weight is 368 g/mol. The second-order valence-corrected chi connectivity index (χ2v) is 6.62. The Balaban J connectivity index is 1.46. The zero-order chi connectivity index (χ0) is 19.2. The summed E-state index contributed by atoms with van der Waals surface area (Å²) in [6.07, 6.45) is 4.41. The number of rotatable bonds is 5. The first-order chi connectivity index (χ1) is 13.0. The fraction of sp³-hybridized carbons (Fsp3) is 0.286. The molecule has 0 spiro atoms. The Kier molecular flexibility index (Phi) is 5.96. The molecule has 0 radical (unpaired) electrons. The summed E-state index contributed by atoms with van der Waals surface area (Å²) in [7, 11) is 0. The summed E-state index contributed by atoms with van der Waals surface area (Å²) in [4.78, 5) is 36.0. The number of ketones is 1. The monoisotopic (exact) mass is 368 g/mol. The second-order valence-electron chi connectivity index (χ2n) is 6.62. The van der Waals surface area contributed by atoms with Crippen LogP contribution in [0.25, 0.3) is 0 Å². The van der Waals surface area contributed by atoms with Crippen LogP contribution in [0.5, 0.6) is 0 Å². The first-order valence-corrected chi connectivity index (χ1v) is 9.02. The van der Waals surface area contributed by atoms with Crippen LogP contribution in [0.1, 0.15) is 57.5 Å². The Morgan fingerprint density at radius 1 is 0.815 bits per heavy atom. The predicted octanol–water partition coefficient (Wildman–Crippen LogP) is 3.13. The maximum Gasteiger partial charge on any atom is 0.269 e. The summed E-state index contributed by atoms with van der Waals surface area (Å²) in [5.74, 6) is -1.55. The highest BCUT2D eigenvalue weighted by molar-refractivity contribution is 5.99. The third-order valence-electron chi connectivity index (χ3n) is 4.67. The summed E-state index contributed by atoms with van der Waals surface area (Å²) < 4.78 is 12.8. The molecule has 1 aliphatic carbocycles. The third kappa shape index (κ3) is 5.00. The van der Waals surface area contributed by atoms with E-state index >= 15 is 0 Å². The molecule has 2 aromatic rings. The third-order valence-corrected chi connectivity index (χ3v) is 4.67. The number of carbonyl (C=O) groups is 3. The zero-order valence-electron chi connectivity index (χ0n) is 14.9. The van der Waals surface area contributed by atoms with Gasteiger partial charge in [0.2, 0.25) is 5.91 Å². The van der Waals surface area contributed by atoms with Crippen molar-refractivity contribution in [3.63, 3.8) is 0 Å². The van der Waals surface area contributed by atoms with E-state index in [-0.39, 0.29) is 24.2 Å². The highest BCUT2D eigenvalue weighted by Crippen LogP contribution is 2.22. The molecule has 6 heteroatoms. The smallest absolute Gasteiger partial charge is 0.269 e. The highest BCUT2D eigenvalue weighted by atomic mass is 19.1. The van der Waals surface area contributed by atoms with Gasteiger partial charge < -0.3 is 0 Å². The number of hydrogen-bond acceptors (Lipinski definition) is 3. The Hall–Kier alpha value is -3.02. The molecule has 0 bridgehead atoms. The molecule has 0 saturated carbocycles. The molecule has 3 rings (SSSR count). The fourth-order valence-electron chi connectivity index (χ4n) is 3.14. The number of halogens is 1. The predicted molar refractivity (Wildman–Crippen MR) is 98.7 cm³/mol. The van der Waals surface area contributed by atoms with E-state index in [9.17, 15) is 18.8 Å². The molecule has 5 nitrogen and oxygen atoms in total. The molecular weight excluding hydrogens is 347 g/mol. The standard InChI is InChI=1S/C21H21FN2O3/c22-18-9-7-15(8-10-18)21(27)24-23-20(26)12-11-19(25)17-6-5-14-3-1-2-4-16(14)13-17/h5-10,13H,1-4,11-12H2,(H,23,26)(H,24,27). The van der Waals surface area contributed by atoms with Crippen LogP contribution >= 0.6 is 0 Å². The summed E-state index contributed by atoms with van der Waals surface area (Å²) >= 11 is 0. The minimum Gasteiger partial charge on any atom is -0.294 e. The quantitative estimate of drug-likeness (QED) is 0.629. The lowest BCUT2D eigenvalue weighted by Crippen LogP contribution is -2.41. The van der Waals surface area contributed by atoms with Gasteiger partial charge in [-0.2, -0.15) is 0 Å². The van der Waals surface area contributed by atoms with Gasteiger partial charge in [0.15, 0.2) is 5.78 Å². The number of amides is 2. The first kappa shape index (κ1) is 18.8. The molecule has 2 N–H and O–H groups in total. The lowest BCUT2D eigenvalue weighted by atomic mass is 9.89. The van der Waals surface area contributed by atoms with Gasteiger partial charge >= 0.3 is 0 Å². The maximum atomic E-state index is 12.8. The van der Waals surface area contributed by atoms with Crippen molar-refractivity contribution in [2.45, 2.75) is 38.5 Å². The van der Waals surface area contributed by atoms with Crippen molar-refractivity contribution in [1.29, 1.82) is 0 Å². The van der Waals surface area contributed by atoms with Crippen molar-refractivity contribution in [3.8, 4) is 0 Å². The van der Waals surface area contributed by atoms with Crippen molar-refractivity contribution >= 4 is 17.6 Å². The van der Waals surface area contributed by atoms with Gasteiger partial charge in [0.05, 0.1) is 0 Å². The van der Waals surface area contributed by atoms with Crippen LogP contribution in [0.3, 0.4) is 0 Å². The molecule has 27 heavy (non-hydrogen) atoms. The second kappa shape index (κ2) is 8.58. The highest BCUT2D eigenvalue weighted by Gasteiger charge is 2.14. The number of aryl methyl sites for hydroxylation is 2. The molecule has 0 fully saturated rings. The van der Waals surface area contributed by atoms with E-state index in [1.807, 2.05) is 18.2 Å². The molecule has 140 valence electrons. The molecule has 0 atom stereocenters. The Morgan fingerprint density at radius 2 is 1.48 bits per heavy atom. The number of Topliss-reactive ketones (excluding diaryl/α,β-unsaturated/α-hetero) is 1.